The summed E-state index contributed by atoms with van der Waals surface area (Å²) in [5.74, 6) is -0.213. The molecule has 0 amide bonds. The summed E-state index contributed by atoms with van der Waals surface area (Å²) in [6, 6.07) is 39.4. The van der Waals surface area contributed by atoms with Gasteiger partial charge in [0.05, 0.1) is 16.7 Å². The van der Waals surface area contributed by atoms with Crippen LogP contribution in [-0.4, -0.2) is 16.5 Å². The predicted molar refractivity (Wildman–Crippen MR) is 228 cm³/mol. The minimum Gasteiger partial charge on any atom is -0.314 e. The van der Waals surface area contributed by atoms with Crippen molar-refractivity contribution in [3.05, 3.63) is 159 Å². The Bertz CT molecular complexity index is 3370. The molecule has 54 heavy (non-hydrogen) atoms. The molecule has 2 nitrogen and oxygen atoms in total. The Balaban J connectivity index is 1.25. The molecule has 0 N–H and O–H groups in total. The molecule has 0 spiro atoms. The van der Waals surface area contributed by atoms with Crippen molar-refractivity contribution in [2.75, 3.05) is 4.90 Å². The lowest BCUT2D eigenvalue weighted by Gasteiger charge is -2.41. The number of benzene rings is 6. The smallest absolute Gasteiger partial charge is 0.272 e. The highest BCUT2D eigenvalue weighted by Gasteiger charge is 2.51. The summed E-state index contributed by atoms with van der Waals surface area (Å²) >= 11 is 4.10. The molecule has 6 aromatic carbocycles. The third-order valence-electron chi connectivity index (χ3n) is 12.9. The average Bonchev–Trinajstić information content (AvgIpc) is 3.71. The van der Waals surface area contributed by atoms with E-state index in [0.717, 1.165) is 30.4 Å². The van der Waals surface area contributed by atoms with E-state index >= 15 is 4.39 Å². The number of halogens is 1. The van der Waals surface area contributed by atoms with Crippen molar-refractivity contribution in [3.8, 4) is 16.8 Å². The molecule has 14 rings (SSSR count). The number of thioether (sulfide) groups is 1. The molecule has 6 aliphatic rings. The van der Waals surface area contributed by atoms with Gasteiger partial charge in [-0.15, -0.1) is 23.1 Å². The van der Waals surface area contributed by atoms with Gasteiger partial charge < -0.3 is 9.47 Å². The first-order valence-electron chi connectivity index (χ1n) is 19.0. The molecule has 1 unspecified atom stereocenters. The molecular weight excluding hydrogens is 698 g/mol. The van der Waals surface area contributed by atoms with Crippen molar-refractivity contribution in [1.29, 1.82) is 0 Å². The minimum absolute atomic E-state index is 0.0977. The van der Waals surface area contributed by atoms with Crippen LogP contribution in [0.15, 0.2) is 137 Å². The fraction of sp³-hybridized carbons (Fsp3) is 0.0833. The van der Waals surface area contributed by atoms with Crippen LogP contribution in [0.5, 0.6) is 0 Å². The number of hydrogen-bond acceptors (Lipinski definition) is 3. The lowest BCUT2D eigenvalue weighted by molar-refractivity contribution is 0.628. The molecule has 8 aromatic rings. The average molecular weight is 727 g/mol. The predicted octanol–water partition coefficient (Wildman–Crippen LogP) is 9.68. The SMILES string of the molecule is Fc1cccc(-c2cc3c4c(c2)-n2c5cccc6cccc(c7cccc8sc(c2c87)B4C2=C4C7=C(C=CCC7S2)c2cccc7c2=C(CCC=7)N43)c65)c1. The second kappa shape index (κ2) is 9.95. The fourth-order valence-corrected chi connectivity index (χ4v) is 13.9. The van der Waals surface area contributed by atoms with Gasteiger partial charge in [-0.2, -0.15) is 0 Å². The summed E-state index contributed by atoms with van der Waals surface area (Å²) in [5, 5.41) is 9.53. The highest BCUT2D eigenvalue weighted by molar-refractivity contribution is 8.06. The van der Waals surface area contributed by atoms with Crippen LogP contribution in [0.1, 0.15) is 24.8 Å². The number of nitrogens with zero attached hydrogens (tertiary/aromatic N) is 2. The Labute approximate surface area is 318 Å². The largest absolute Gasteiger partial charge is 0.314 e. The highest BCUT2D eigenvalue weighted by atomic mass is 32.2. The van der Waals surface area contributed by atoms with Crippen LogP contribution in [0.25, 0.3) is 76.8 Å². The molecule has 4 aliphatic heterocycles. The quantitative estimate of drug-likeness (QED) is 0.156. The van der Waals surface area contributed by atoms with E-state index in [0.29, 0.717) is 5.25 Å². The molecule has 2 aliphatic carbocycles. The van der Waals surface area contributed by atoms with Crippen LogP contribution >= 0.6 is 23.1 Å². The van der Waals surface area contributed by atoms with Crippen molar-refractivity contribution in [2.45, 2.75) is 24.5 Å². The fourth-order valence-electron chi connectivity index (χ4n) is 10.9. The van der Waals surface area contributed by atoms with Gasteiger partial charge in [0.1, 0.15) is 5.82 Å². The molecule has 0 saturated heterocycles. The summed E-state index contributed by atoms with van der Waals surface area (Å²) < 4.78 is 20.5. The number of rotatable bonds is 1. The van der Waals surface area contributed by atoms with Crippen molar-refractivity contribution in [3.63, 3.8) is 0 Å². The molecule has 0 saturated carbocycles. The molecule has 0 radical (unpaired) electrons. The van der Waals surface area contributed by atoms with Crippen LogP contribution in [0.3, 0.4) is 0 Å². The van der Waals surface area contributed by atoms with Gasteiger partial charge in [0.2, 0.25) is 0 Å². The topological polar surface area (TPSA) is 8.17 Å². The maximum Gasteiger partial charge on any atom is 0.272 e. The van der Waals surface area contributed by atoms with E-state index in [-0.39, 0.29) is 12.5 Å². The van der Waals surface area contributed by atoms with Gasteiger partial charge in [-0.3, -0.25) is 0 Å². The first-order chi connectivity index (χ1) is 26.7. The summed E-state index contributed by atoms with van der Waals surface area (Å²) in [4.78, 5) is 4.19. The number of hydrogen-bond donors (Lipinski definition) is 0. The second-order valence-electron chi connectivity index (χ2n) is 15.5. The van der Waals surface area contributed by atoms with Gasteiger partial charge >= 0.3 is 0 Å². The van der Waals surface area contributed by atoms with E-state index in [1.165, 1.54) is 108 Å². The van der Waals surface area contributed by atoms with E-state index in [1.54, 1.807) is 12.1 Å². The van der Waals surface area contributed by atoms with Crippen LogP contribution in [0.4, 0.5) is 10.1 Å². The van der Waals surface area contributed by atoms with Gasteiger partial charge in [-0.1, -0.05) is 91.0 Å². The normalized spacial score (nSPS) is 18.5. The number of thiophene rings is 1. The zero-order chi connectivity index (χ0) is 35.0. The van der Waals surface area contributed by atoms with E-state index in [4.69, 9.17) is 0 Å². The van der Waals surface area contributed by atoms with E-state index < -0.39 is 0 Å². The number of allylic oxidation sites excluding steroid dienone is 4. The molecular formula is C48H28BFN2S2. The van der Waals surface area contributed by atoms with Gasteiger partial charge in [0, 0.05) is 47.8 Å². The van der Waals surface area contributed by atoms with Crippen LogP contribution < -0.4 is 25.6 Å². The molecule has 252 valence electrons. The van der Waals surface area contributed by atoms with E-state index in [9.17, 15) is 0 Å². The Hall–Kier alpha value is -5.56. The summed E-state index contributed by atoms with van der Waals surface area (Å²) in [5.41, 5.74) is 15.3. The number of aromatic nitrogens is 1. The Morgan fingerprint density at radius 3 is 2.56 bits per heavy atom. The summed E-state index contributed by atoms with van der Waals surface area (Å²) in [6.45, 7) is 0.0977. The lowest BCUT2D eigenvalue weighted by atomic mass is 9.40. The molecule has 1 atom stereocenters. The van der Waals surface area contributed by atoms with E-state index in [1.807, 2.05) is 17.4 Å². The lowest BCUT2D eigenvalue weighted by Crippen LogP contribution is -2.54. The Morgan fingerprint density at radius 1 is 0.796 bits per heavy atom. The summed E-state index contributed by atoms with van der Waals surface area (Å²) in [6.07, 6.45) is 10.3. The van der Waals surface area contributed by atoms with Gasteiger partial charge in [-0.05, 0) is 115 Å². The number of anilines is 1. The monoisotopic (exact) mass is 726 g/mol. The van der Waals surface area contributed by atoms with Gasteiger partial charge in [-0.25, -0.2) is 4.39 Å². The zero-order valence-corrected chi connectivity index (χ0v) is 30.6. The zero-order valence-electron chi connectivity index (χ0n) is 29.0. The maximum atomic E-state index is 15.1. The Kier molecular flexibility index (Phi) is 5.32. The number of fused-ring (bicyclic) bond motifs is 8. The highest BCUT2D eigenvalue weighted by Crippen LogP contribution is 2.57. The third kappa shape index (κ3) is 3.38. The maximum absolute atomic E-state index is 15.1. The second-order valence-corrected chi connectivity index (χ2v) is 17.8. The van der Waals surface area contributed by atoms with Gasteiger partial charge in [0.15, 0.2) is 0 Å². The Morgan fingerprint density at radius 2 is 1.63 bits per heavy atom. The third-order valence-corrected chi connectivity index (χ3v) is 15.5. The van der Waals surface area contributed by atoms with Crippen LogP contribution in [0, 0.1) is 5.82 Å². The van der Waals surface area contributed by atoms with Crippen molar-refractivity contribution in [1.82, 2.24) is 4.57 Å². The molecule has 6 heteroatoms. The molecule has 0 fully saturated rings. The van der Waals surface area contributed by atoms with Crippen molar-refractivity contribution in [2.24, 2.45) is 0 Å². The standard InChI is InChI=1S/C48H28BFN2S2/c50-29-13-1-12-27(22-29)28-23-36-44-37(24-28)52-35-19-5-11-26-9-3-15-31(41(26)35)33-17-7-21-39-43(33)46(52)48(54-39)49(44)47-45-42-32(16-6-20-38(42)53-47)30-14-2-8-25-10-4-18-34(40(25)30)51(36)45/h1-4,6-18,20,22-24,39H,5,19,21H2. The van der Waals surface area contributed by atoms with Crippen molar-refractivity contribution >= 4 is 106 Å². The molecule has 0 bridgehead atoms. The molecule has 2 aromatic heterocycles. The first-order valence-corrected chi connectivity index (χ1v) is 20.7. The molecule has 6 heterocycles. The van der Waals surface area contributed by atoms with Crippen molar-refractivity contribution < 1.29 is 4.39 Å². The van der Waals surface area contributed by atoms with E-state index in [2.05, 4.69) is 130 Å². The van der Waals surface area contributed by atoms with Crippen LogP contribution in [0.2, 0.25) is 0 Å². The summed E-state index contributed by atoms with van der Waals surface area (Å²) in [7, 11) is 0. The van der Waals surface area contributed by atoms with Gasteiger partial charge in [0.25, 0.3) is 6.71 Å². The minimum atomic E-state index is -0.213. The first kappa shape index (κ1) is 28.9. The van der Waals surface area contributed by atoms with Crippen LogP contribution in [-0.2, 0) is 0 Å².